The molecule has 112 valence electrons. The summed E-state index contributed by atoms with van der Waals surface area (Å²) < 4.78 is 5.31. The van der Waals surface area contributed by atoms with Crippen molar-refractivity contribution < 1.29 is 4.52 Å². The average Bonchev–Trinajstić information content (AvgIpc) is 2.97. The molecule has 3 aromatic rings. The van der Waals surface area contributed by atoms with E-state index in [-0.39, 0.29) is 6.04 Å². The summed E-state index contributed by atoms with van der Waals surface area (Å²) in [5.74, 6) is 1.16. The lowest BCUT2D eigenvalue weighted by Crippen LogP contribution is -2.14. The maximum absolute atomic E-state index is 6.19. The number of nitrogens with zero attached hydrogens (tertiary/aromatic N) is 2. The number of aryl methyl sites for hydroxylation is 1. The Kier molecular flexibility index (Phi) is 4.30. The van der Waals surface area contributed by atoms with Crippen molar-refractivity contribution in [2.24, 2.45) is 5.73 Å². The molecule has 0 fully saturated rings. The Morgan fingerprint density at radius 3 is 2.59 bits per heavy atom. The Balaban J connectivity index is 1.68. The fourth-order valence-corrected chi connectivity index (χ4v) is 2.45. The van der Waals surface area contributed by atoms with Crippen LogP contribution in [0, 0.1) is 6.92 Å². The van der Waals surface area contributed by atoms with Crippen LogP contribution >= 0.6 is 0 Å². The number of benzene rings is 2. The van der Waals surface area contributed by atoms with Gasteiger partial charge in [-0.2, -0.15) is 4.98 Å². The summed E-state index contributed by atoms with van der Waals surface area (Å²) in [6.07, 6.45) is 1.34. The van der Waals surface area contributed by atoms with E-state index in [9.17, 15) is 0 Å². The summed E-state index contributed by atoms with van der Waals surface area (Å²) in [5.41, 5.74) is 9.74. The lowest BCUT2D eigenvalue weighted by atomic mass is 10.0. The van der Waals surface area contributed by atoms with Crippen LogP contribution < -0.4 is 5.73 Å². The Labute approximate surface area is 130 Å². The maximum atomic E-state index is 6.19. The molecule has 1 unspecified atom stereocenters. The fraction of sp³-hybridized carbons (Fsp3) is 0.222. The summed E-state index contributed by atoms with van der Waals surface area (Å²) in [5, 5.41) is 4.03. The molecule has 4 heteroatoms. The van der Waals surface area contributed by atoms with E-state index >= 15 is 0 Å². The molecule has 0 spiro atoms. The van der Waals surface area contributed by atoms with Crippen molar-refractivity contribution >= 4 is 0 Å². The molecule has 3 rings (SSSR count). The molecule has 1 aromatic heterocycles. The van der Waals surface area contributed by atoms with E-state index in [1.54, 1.807) is 0 Å². The monoisotopic (exact) mass is 293 g/mol. The summed E-state index contributed by atoms with van der Waals surface area (Å²) in [6.45, 7) is 2.07. The van der Waals surface area contributed by atoms with Crippen LogP contribution in [0.5, 0.6) is 0 Å². The number of hydrogen-bond donors (Lipinski definition) is 1. The standard InChI is InChI=1S/C18H19N3O/c1-13-6-5-9-15(10-13)11-16(19)18-20-17(21-22-18)12-14-7-3-2-4-8-14/h2-10,16H,11-12,19H2,1H3. The molecular weight excluding hydrogens is 274 g/mol. The second-order valence-corrected chi connectivity index (χ2v) is 5.51. The van der Waals surface area contributed by atoms with Gasteiger partial charge in [0.25, 0.3) is 0 Å². The van der Waals surface area contributed by atoms with Gasteiger partial charge in [0.2, 0.25) is 5.89 Å². The first-order valence-electron chi connectivity index (χ1n) is 7.38. The lowest BCUT2D eigenvalue weighted by molar-refractivity contribution is 0.350. The van der Waals surface area contributed by atoms with Gasteiger partial charge in [-0.25, -0.2) is 0 Å². The third kappa shape index (κ3) is 3.59. The Bertz CT molecular complexity index is 737. The van der Waals surface area contributed by atoms with Crippen molar-refractivity contribution in [3.63, 3.8) is 0 Å². The summed E-state index contributed by atoms with van der Waals surface area (Å²) in [4.78, 5) is 4.42. The minimum absolute atomic E-state index is 0.279. The third-order valence-electron chi connectivity index (χ3n) is 3.54. The first-order valence-corrected chi connectivity index (χ1v) is 7.38. The predicted molar refractivity (Wildman–Crippen MR) is 85.4 cm³/mol. The van der Waals surface area contributed by atoms with E-state index in [0.29, 0.717) is 24.6 Å². The summed E-state index contributed by atoms with van der Waals surface area (Å²) in [6, 6.07) is 18.1. The van der Waals surface area contributed by atoms with Crippen molar-refractivity contribution in [3.05, 3.63) is 83.0 Å². The van der Waals surface area contributed by atoms with E-state index in [2.05, 4.69) is 35.3 Å². The van der Waals surface area contributed by atoms with Gasteiger partial charge in [0.05, 0.1) is 6.04 Å². The van der Waals surface area contributed by atoms with Gasteiger partial charge < -0.3 is 10.3 Å². The molecule has 0 amide bonds. The molecule has 0 aliphatic carbocycles. The molecule has 1 heterocycles. The zero-order valence-corrected chi connectivity index (χ0v) is 12.6. The zero-order chi connectivity index (χ0) is 15.4. The van der Waals surface area contributed by atoms with Crippen LogP contribution in [-0.2, 0) is 12.8 Å². The highest BCUT2D eigenvalue weighted by Gasteiger charge is 2.15. The molecule has 22 heavy (non-hydrogen) atoms. The fourth-order valence-electron chi connectivity index (χ4n) is 2.45. The van der Waals surface area contributed by atoms with Gasteiger partial charge in [0.15, 0.2) is 5.82 Å². The van der Waals surface area contributed by atoms with Crippen LogP contribution in [0.4, 0.5) is 0 Å². The largest absolute Gasteiger partial charge is 0.338 e. The van der Waals surface area contributed by atoms with E-state index in [1.807, 2.05) is 36.4 Å². The quantitative estimate of drug-likeness (QED) is 0.784. The van der Waals surface area contributed by atoms with Gasteiger partial charge in [-0.3, -0.25) is 0 Å². The minimum atomic E-state index is -0.279. The van der Waals surface area contributed by atoms with Crippen LogP contribution in [0.3, 0.4) is 0 Å². The molecule has 0 aliphatic heterocycles. The highest BCUT2D eigenvalue weighted by molar-refractivity contribution is 5.23. The van der Waals surface area contributed by atoms with Crippen LogP contribution in [-0.4, -0.2) is 10.1 Å². The lowest BCUT2D eigenvalue weighted by Gasteiger charge is -2.07. The Morgan fingerprint density at radius 1 is 1.05 bits per heavy atom. The number of hydrogen-bond acceptors (Lipinski definition) is 4. The van der Waals surface area contributed by atoms with Gasteiger partial charge in [-0.15, -0.1) is 0 Å². The molecule has 0 aliphatic rings. The summed E-state index contributed by atoms with van der Waals surface area (Å²) in [7, 11) is 0. The van der Waals surface area contributed by atoms with E-state index in [4.69, 9.17) is 10.3 Å². The van der Waals surface area contributed by atoms with Crippen LogP contribution in [0.25, 0.3) is 0 Å². The first kappa shape index (κ1) is 14.5. The van der Waals surface area contributed by atoms with Gasteiger partial charge in [-0.05, 0) is 24.5 Å². The highest BCUT2D eigenvalue weighted by Crippen LogP contribution is 2.16. The van der Waals surface area contributed by atoms with Crippen molar-refractivity contribution in [1.29, 1.82) is 0 Å². The Morgan fingerprint density at radius 2 is 1.82 bits per heavy atom. The molecular formula is C18H19N3O. The first-order chi connectivity index (χ1) is 10.7. The van der Waals surface area contributed by atoms with Crippen molar-refractivity contribution in [1.82, 2.24) is 10.1 Å². The molecule has 4 nitrogen and oxygen atoms in total. The zero-order valence-electron chi connectivity index (χ0n) is 12.6. The maximum Gasteiger partial charge on any atom is 0.243 e. The molecule has 0 saturated heterocycles. The summed E-state index contributed by atoms with van der Waals surface area (Å²) >= 11 is 0. The normalized spacial score (nSPS) is 12.3. The topological polar surface area (TPSA) is 64.9 Å². The van der Waals surface area contributed by atoms with Crippen molar-refractivity contribution in [3.8, 4) is 0 Å². The van der Waals surface area contributed by atoms with E-state index in [0.717, 1.165) is 5.56 Å². The number of aromatic nitrogens is 2. The third-order valence-corrected chi connectivity index (χ3v) is 3.54. The molecule has 0 saturated carbocycles. The SMILES string of the molecule is Cc1cccc(CC(N)c2nc(Cc3ccccc3)no2)c1. The smallest absolute Gasteiger partial charge is 0.243 e. The second-order valence-electron chi connectivity index (χ2n) is 5.51. The minimum Gasteiger partial charge on any atom is -0.338 e. The molecule has 2 N–H and O–H groups in total. The second kappa shape index (κ2) is 6.54. The number of nitrogens with two attached hydrogens (primary N) is 1. The van der Waals surface area contributed by atoms with Gasteiger partial charge in [0.1, 0.15) is 0 Å². The van der Waals surface area contributed by atoms with E-state index < -0.39 is 0 Å². The van der Waals surface area contributed by atoms with Gasteiger partial charge in [0, 0.05) is 6.42 Å². The van der Waals surface area contributed by atoms with Crippen molar-refractivity contribution in [2.75, 3.05) is 0 Å². The molecule has 2 aromatic carbocycles. The number of rotatable bonds is 5. The van der Waals surface area contributed by atoms with Crippen LogP contribution in [0.1, 0.15) is 34.4 Å². The molecule has 0 radical (unpaired) electrons. The van der Waals surface area contributed by atoms with Crippen molar-refractivity contribution in [2.45, 2.75) is 25.8 Å². The molecule has 1 atom stereocenters. The Hall–Kier alpha value is -2.46. The highest BCUT2D eigenvalue weighted by atomic mass is 16.5. The van der Waals surface area contributed by atoms with Gasteiger partial charge >= 0.3 is 0 Å². The van der Waals surface area contributed by atoms with E-state index in [1.165, 1.54) is 11.1 Å². The van der Waals surface area contributed by atoms with Crippen LogP contribution in [0.15, 0.2) is 59.1 Å². The van der Waals surface area contributed by atoms with Gasteiger partial charge in [-0.1, -0.05) is 65.3 Å². The molecule has 0 bridgehead atoms. The van der Waals surface area contributed by atoms with Crippen LogP contribution in [0.2, 0.25) is 0 Å². The average molecular weight is 293 g/mol. The predicted octanol–water partition coefficient (Wildman–Crippen LogP) is 3.21.